The van der Waals surface area contributed by atoms with Gasteiger partial charge in [-0.05, 0) is 44.0 Å². The molecule has 3 rings (SSSR count). The zero-order chi connectivity index (χ0) is 19.8. The molecule has 1 aromatic carbocycles. The highest BCUT2D eigenvalue weighted by atomic mass is 16.5. The van der Waals surface area contributed by atoms with Crippen molar-refractivity contribution in [2.45, 2.75) is 38.8 Å². The molecule has 0 aliphatic carbocycles. The molecule has 152 valence electrons. The second kappa shape index (κ2) is 10.2. The Morgan fingerprint density at radius 2 is 2.25 bits per heavy atom. The summed E-state index contributed by atoms with van der Waals surface area (Å²) in [5.74, 6) is 0.628. The van der Waals surface area contributed by atoms with Crippen LogP contribution in [0.2, 0.25) is 0 Å². The van der Waals surface area contributed by atoms with Crippen molar-refractivity contribution in [1.29, 1.82) is 0 Å². The minimum absolute atomic E-state index is 0.173. The van der Waals surface area contributed by atoms with Gasteiger partial charge in [-0.25, -0.2) is 0 Å². The van der Waals surface area contributed by atoms with Gasteiger partial charge in [0.25, 0.3) is 5.91 Å². The molecule has 1 saturated heterocycles. The van der Waals surface area contributed by atoms with E-state index in [1.807, 2.05) is 36.0 Å². The molecule has 1 atom stereocenters. The number of benzene rings is 1. The third kappa shape index (κ3) is 5.56. The number of carbonyl (C=O) groups excluding carboxylic acids is 1. The molecule has 0 radical (unpaired) electrons. The molecule has 1 amide bonds. The van der Waals surface area contributed by atoms with Crippen LogP contribution in [-0.4, -0.2) is 49.1 Å². The van der Waals surface area contributed by atoms with Crippen molar-refractivity contribution >= 4 is 5.91 Å². The average Bonchev–Trinajstić information content (AvgIpc) is 3.21. The maximum absolute atomic E-state index is 12.5. The molecule has 7 nitrogen and oxygen atoms in total. The normalized spacial score (nSPS) is 16.7. The lowest BCUT2D eigenvalue weighted by atomic mass is 10.1. The first-order valence-corrected chi connectivity index (χ1v) is 9.92. The van der Waals surface area contributed by atoms with Crippen LogP contribution in [0.5, 0.6) is 5.75 Å². The van der Waals surface area contributed by atoms with Crippen LogP contribution in [0.15, 0.2) is 30.5 Å². The van der Waals surface area contributed by atoms with E-state index in [0.29, 0.717) is 31.5 Å². The number of methoxy groups -OCH3 is 1. The first-order valence-electron chi connectivity index (χ1n) is 9.92. The van der Waals surface area contributed by atoms with Crippen molar-refractivity contribution in [3.8, 4) is 5.75 Å². The molecule has 1 aliphatic rings. The lowest BCUT2D eigenvalue weighted by Gasteiger charge is -2.22. The molecule has 2 heterocycles. The van der Waals surface area contributed by atoms with Crippen molar-refractivity contribution in [2.75, 3.05) is 33.4 Å². The second-order valence-electron chi connectivity index (χ2n) is 7.17. The average molecular weight is 386 g/mol. The maximum atomic E-state index is 12.5. The minimum atomic E-state index is -0.173. The number of aryl methyl sites for hydroxylation is 1. The number of amides is 1. The molecule has 1 aliphatic heterocycles. The number of nitrogens with zero attached hydrogens (tertiary/aromatic N) is 2. The minimum Gasteiger partial charge on any atom is -0.493 e. The molecule has 0 bridgehead atoms. The fourth-order valence-corrected chi connectivity index (χ4v) is 3.32. The van der Waals surface area contributed by atoms with Gasteiger partial charge < -0.3 is 20.1 Å². The molecular weight excluding hydrogens is 356 g/mol. The topological polar surface area (TPSA) is 77.4 Å². The van der Waals surface area contributed by atoms with Gasteiger partial charge >= 0.3 is 0 Å². The van der Waals surface area contributed by atoms with Gasteiger partial charge in [0.05, 0.1) is 12.6 Å². The third-order valence-electron chi connectivity index (χ3n) is 4.90. The second-order valence-corrected chi connectivity index (χ2v) is 7.17. The van der Waals surface area contributed by atoms with E-state index in [1.54, 1.807) is 13.2 Å². The Labute approximate surface area is 166 Å². The van der Waals surface area contributed by atoms with E-state index in [9.17, 15) is 4.79 Å². The predicted molar refractivity (Wildman–Crippen MR) is 108 cm³/mol. The molecule has 1 fully saturated rings. The van der Waals surface area contributed by atoms with Gasteiger partial charge in [-0.2, -0.15) is 5.10 Å². The zero-order valence-electron chi connectivity index (χ0n) is 16.7. The summed E-state index contributed by atoms with van der Waals surface area (Å²) in [4.78, 5) is 12.5. The van der Waals surface area contributed by atoms with Crippen LogP contribution < -0.4 is 15.4 Å². The van der Waals surface area contributed by atoms with Crippen LogP contribution in [0, 0.1) is 6.92 Å². The smallest absolute Gasteiger partial charge is 0.272 e. The molecule has 2 N–H and O–H groups in total. The molecule has 1 unspecified atom stereocenters. The quantitative estimate of drug-likeness (QED) is 0.648. The largest absolute Gasteiger partial charge is 0.493 e. The summed E-state index contributed by atoms with van der Waals surface area (Å²) in [5, 5.41) is 10.8. The molecule has 28 heavy (non-hydrogen) atoms. The molecule has 0 spiro atoms. The summed E-state index contributed by atoms with van der Waals surface area (Å²) in [6.45, 7) is 5.62. The van der Waals surface area contributed by atoms with Crippen LogP contribution >= 0.6 is 0 Å². The predicted octanol–water partition coefficient (Wildman–Crippen LogP) is 2.46. The monoisotopic (exact) mass is 386 g/mol. The number of aromatic nitrogens is 2. The summed E-state index contributed by atoms with van der Waals surface area (Å²) in [7, 11) is 1.68. The van der Waals surface area contributed by atoms with Gasteiger partial charge in [-0.3, -0.25) is 9.48 Å². The fraction of sp³-hybridized carbons (Fsp3) is 0.524. The van der Waals surface area contributed by atoms with Crippen molar-refractivity contribution in [3.05, 3.63) is 47.3 Å². The van der Waals surface area contributed by atoms with Crippen LogP contribution in [0.25, 0.3) is 0 Å². The van der Waals surface area contributed by atoms with Crippen molar-refractivity contribution in [3.63, 3.8) is 0 Å². The number of hydrogen-bond acceptors (Lipinski definition) is 5. The van der Waals surface area contributed by atoms with Crippen LogP contribution in [-0.2, 0) is 11.3 Å². The van der Waals surface area contributed by atoms with Crippen molar-refractivity contribution in [2.24, 2.45) is 0 Å². The van der Waals surface area contributed by atoms with E-state index in [1.165, 1.54) is 0 Å². The van der Waals surface area contributed by atoms with E-state index >= 15 is 0 Å². The van der Waals surface area contributed by atoms with Gasteiger partial charge in [0.15, 0.2) is 0 Å². The van der Waals surface area contributed by atoms with Gasteiger partial charge in [-0.15, -0.1) is 0 Å². The standard InChI is InChI=1S/C21H30N4O3/c1-16-6-7-17(20(13-16)28-12-4-11-27-2)14-23-21(26)19-8-10-25(24-19)18-5-3-9-22-15-18/h6-8,10,13,18,22H,3-5,9,11-12,14-15H2,1-2H3,(H,23,26). The van der Waals surface area contributed by atoms with Crippen LogP contribution in [0.1, 0.15) is 46.9 Å². The van der Waals surface area contributed by atoms with Gasteiger partial charge in [0.2, 0.25) is 0 Å². The Kier molecular flexibility index (Phi) is 7.45. The number of nitrogens with one attached hydrogen (secondary N) is 2. The van der Waals surface area contributed by atoms with E-state index in [4.69, 9.17) is 9.47 Å². The Morgan fingerprint density at radius 1 is 1.36 bits per heavy atom. The lowest BCUT2D eigenvalue weighted by molar-refractivity contribution is 0.0944. The van der Waals surface area contributed by atoms with Gasteiger partial charge in [0, 0.05) is 45.0 Å². The molecule has 1 aromatic heterocycles. The summed E-state index contributed by atoms with van der Waals surface area (Å²) in [6.07, 6.45) is 4.93. The highest BCUT2D eigenvalue weighted by molar-refractivity contribution is 5.92. The fourth-order valence-electron chi connectivity index (χ4n) is 3.32. The van der Waals surface area contributed by atoms with E-state index in [2.05, 4.69) is 15.7 Å². The summed E-state index contributed by atoms with van der Waals surface area (Å²) < 4.78 is 12.8. The summed E-state index contributed by atoms with van der Waals surface area (Å²) in [5.41, 5.74) is 2.52. The number of rotatable bonds is 9. The number of hydrogen-bond donors (Lipinski definition) is 2. The highest BCUT2D eigenvalue weighted by Gasteiger charge is 2.18. The summed E-state index contributed by atoms with van der Waals surface area (Å²) in [6, 6.07) is 8.11. The Balaban J connectivity index is 1.57. The van der Waals surface area contributed by atoms with Crippen LogP contribution in [0.4, 0.5) is 0 Å². The number of piperidine rings is 1. The van der Waals surface area contributed by atoms with E-state index < -0.39 is 0 Å². The van der Waals surface area contributed by atoms with Crippen molar-refractivity contribution in [1.82, 2.24) is 20.4 Å². The molecular formula is C21H30N4O3. The maximum Gasteiger partial charge on any atom is 0.272 e. The molecule has 0 saturated carbocycles. The first-order chi connectivity index (χ1) is 13.7. The van der Waals surface area contributed by atoms with E-state index in [-0.39, 0.29) is 5.91 Å². The summed E-state index contributed by atoms with van der Waals surface area (Å²) >= 11 is 0. The number of ether oxygens (including phenoxy) is 2. The van der Waals surface area contributed by atoms with Gasteiger partial charge in [-0.1, -0.05) is 12.1 Å². The SMILES string of the molecule is COCCCOc1cc(C)ccc1CNC(=O)c1ccn(C2CCCNC2)n1. The molecule has 2 aromatic rings. The Hall–Kier alpha value is -2.38. The highest BCUT2D eigenvalue weighted by Crippen LogP contribution is 2.21. The Bertz CT molecular complexity index is 769. The van der Waals surface area contributed by atoms with Crippen molar-refractivity contribution < 1.29 is 14.3 Å². The molecule has 7 heteroatoms. The zero-order valence-corrected chi connectivity index (χ0v) is 16.7. The third-order valence-corrected chi connectivity index (χ3v) is 4.90. The number of carbonyl (C=O) groups is 1. The Morgan fingerprint density at radius 3 is 3.04 bits per heavy atom. The van der Waals surface area contributed by atoms with E-state index in [0.717, 1.165) is 49.2 Å². The first kappa shape index (κ1) is 20.4. The lowest BCUT2D eigenvalue weighted by Crippen LogP contribution is -2.32. The van der Waals surface area contributed by atoms with Gasteiger partial charge in [0.1, 0.15) is 11.4 Å². The van der Waals surface area contributed by atoms with Crippen LogP contribution in [0.3, 0.4) is 0 Å².